The Labute approximate surface area is 568 Å². The van der Waals surface area contributed by atoms with Crippen LogP contribution in [0.4, 0.5) is 0 Å². The third-order valence-electron chi connectivity index (χ3n) is 20.6. The van der Waals surface area contributed by atoms with E-state index in [9.17, 15) is 53.4 Å². The molecule has 14 atom stereocenters. The number of fused-ring (bicyclic) bond motifs is 6. The molecule has 2 heterocycles. The maximum atomic E-state index is 15.5. The molecule has 2 bridgehead atoms. The molecule has 5 aromatic rings. The van der Waals surface area contributed by atoms with Gasteiger partial charge < -0.3 is 61.9 Å². The maximum absolute atomic E-state index is 15.5. The lowest BCUT2D eigenvalue weighted by atomic mass is 9.41. The van der Waals surface area contributed by atoms with Crippen LogP contribution in [0.3, 0.4) is 0 Å². The number of aromatic nitrogens is 1. The zero-order valence-electron chi connectivity index (χ0n) is 56.1. The Morgan fingerprint density at radius 2 is 1.37 bits per heavy atom. The van der Waals surface area contributed by atoms with Crippen molar-refractivity contribution in [2.24, 2.45) is 45.5 Å². The predicted octanol–water partition coefficient (Wildman–Crippen LogP) is 5.94. The number of nitrogens with two attached hydrogens (primary N) is 2. The molecule has 2 unspecified atom stereocenters. The fraction of sp³-hybridized carbons (Fsp3) is 0.459. The van der Waals surface area contributed by atoms with Gasteiger partial charge in [0.25, 0.3) is 11.8 Å². The van der Waals surface area contributed by atoms with Crippen LogP contribution in [0.5, 0.6) is 0 Å². The van der Waals surface area contributed by atoms with Crippen molar-refractivity contribution in [2.75, 3.05) is 13.2 Å². The van der Waals surface area contributed by atoms with Crippen molar-refractivity contribution in [3.8, 4) is 0 Å². The summed E-state index contributed by atoms with van der Waals surface area (Å²) in [4.78, 5) is 156. The van der Waals surface area contributed by atoms with Gasteiger partial charge in [-0.25, -0.2) is 14.6 Å². The molecule has 9 rings (SSSR count). The number of hydrogen-bond donors (Lipinski definition) is 8. The minimum Gasteiger partial charge on any atom is -0.455 e. The third-order valence-corrected chi connectivity index (χ3v) is 20.6. The van der Waals surface area contributed by atoms with E-state index in [1.54, 1.807) is 144 Å². The Morgan fingerprint density at radius 3 is 2.01 bits per heavy atom. The molecular weight excluding hydrogens is 1260 g/mol. The van der Waals surface area contributed by atoms with Gasteiger partial charge in [-0.2, -0.15) is 0 Å². The quantitative estimate of drug-likeness (QED) is 0.0124. The van der Waals surface area contributed by atoms with Gasteiger partial charge in [-0.3, -0.25) is 43.2 Å². The van der Waals surface area contributed by atoms with E-state index in [1.165, 1.54) is 13.0 Å². The van der Waals surface area contributed by atoms with Crippen LogP contribution in [0.25, 0.3) is 10.9 Å². The molecule has 0 radical (unpaired) electrons. The number of ether oxygens (including phenoxy) is 4. The van der Waals surface area contributed by atoms with Crippen molar-refractivity contribution in [3.05, 3.63) is 161 Å². The van der Waals surface area contributed by atoms with Crippen LogP contribution >= 0.6 is 0 Å². The second-order valence-electron chi connectivity index (χ2n) is 27.3. The minimum atomic E-state index is -2.16. The molecule has 3 aliphatic carbocycles. The number of aliphatic hydroxyl groups excluding tert-OH is 1. The van der Waals surface area contributed by atoms with Gasteiger partial charge in [-0.15, -0.1) is 0 Å². The Kier molecular flexibility index (Phi) is 22.6. The fourth-order valence-electron chi connectivity index (χ4n) is 14.9. The highest BCUT2D eigenvalue weighted by molar-refractivity contribution is 5.99. The van der Waals surface area contributed by atoms with Gasteiger partial charge in [0, 0.05) is 78.2 Å². The maximum Gasteiger partial charge on any atom is 0.350 e. The topological polar surface area (TPSA) is 378 Å². The zero-order valence-corrected chi connectivity index (χ0v) is 56.1. The second-order valence-corrected chi connectivity index (χ2v) is 27.3. The predicted molar refractivity (Wildman–Crippen MR) is 356 cm³/mol. The van der Waals surface area contributed by atoms with E-state index in [2.05, 4.69) is 26.3 Å². The monoisotopic (exact) mass is 1350 g/mol. The highest BCUT2D eigenvalue weighted by Gasteiger charge is 2.75. The van der Waals surface area contributed by atoms with Gasteiger partial charge in [0.15, 0.2) is 5.78 Å². The number of unbranched alkanes of at least 4 members (excludes halogenated alkanes) is 1. The highest BCUT2D eigenvalue weighted by atomic mass is 16.6. The Bertz CT molecular complexity index is 3890. The summed E-state index contributed by atoms with van der Waals surface area (Å²) in [6.45, 7) is 12.0. The Hall–Kier alpha value is -9.52. The summed E-state index contributed by atoms with van der Waals surface area (Å²) >= 11 is 0. The van der Waals surface area contributed by atoms with Crippen molar-refractivity contribution in [3.63, 3.8) is 0 Å². The number of aliphatic hydroxyl groups is 2. The minimum absolute atomic E-state index is 0.0541. The van der Waals surface area contributed by atoms with Gasteiger partial charge in [0.2, 0.25) is 29.7 Å². The normalized spacial score (nSPS) is 25.3. The first-order valence-electron chi connectivity index (χ1n) is 33.2. The first-order valence-corrected chi connectivity index (χ1v) is 33.2. The molecule has 4 aliphatic rings. The van der Waals surface area contributed by atoms with Crippen LogP contribution in [-0.2, 0) is 57.3 Å². The molecule has 1 aromatic heterocycles. The number of carbonyl (C=O) groups excluding carboxylic acids is 11. The van der Waals surface area contributed by atoms with E-state index in [-0.39, 0.29) is 80.7 Å². The molecule has 24 heteroatoms. The fourth-order valence-corrected chi connectivity index (χ4v) is 14.9. The zero-order chi connectivity index (χ0) is 71.0. The smallest absolute Gasteiger partial charge is 0.350 e. The molecule has 10 N–H and O–H groups in total. The Morgan fingerprint density at radius 1 is 0.724 bits per heavy atom. The number of hydrogen-bond acceptors (Lipinski definition) is 18. The van der Waals surface area contributed by atoms with E-state index in [0.717, 1.165) is 5.39 Å². The van der Waals surface area contributed by atoms with Crippen LogP contribution in [0.2, 0.25) is 0 Å². The molecule has 0 spiro atoms. The molecule has 1 saturated heterocycles. The largest absolute Gasteiger partial charge is 0.455 e. The van der Waals surface area contributed by atoms with Gasteiger partial charge in [0.1, 0.15) is 41.4 Å². The molecule has 98 heavy (non-hydrogen) atoms. The number of esters is 3. The van der Waals surface area contributed by atoms with Gasteiger partial charge in [0.05, 0.1) is 47.8 Å². The van der Waals surface area contributed by atoms with Crippen LogP contribution in [0.1, 0.15) is 155 Å². The second kappa shape index (κ2) is 30.5. The van der Waals surface area contributed by atoms with Crippen LogP contribution in [-0.4, -0.2) is 141 Å². The van der Waals surface area contributed by atoms with E-state index in [4.69, 9.17) is 30.4 Å². The summed E-state index contributed by atoms with van der Waals surface area (Å²) in [5.41, 5.74) is 7.29. The number of rotatable bonds is 28. The van der Waals surface area contributed by atoms with Crippen LogP contribution < -0.4 is 32.7 Å². The summed E-state index contributed by atoms with van der Waals surface area (Å²) < 4.78 is 25.2. The lowest BCUT2D eigenvalue weighted by Gasteiger charge is -2.68. The molecule has 6 amide bonds. The SMILES string of the molecule is CC1=C2[C@@H](C)C(=O)[C@@]3(C)[C@H]([C@H](OC(=O)c4ccccc4)[C@](O)(C[C@@H]1OC(=O)[C@H](OC(=O)CCC(=O)NCCCCC(NC(=O)CC[C@H](CC(=O)C(C)NC(=O)c1ccc4ccccc4n1)C(N)=O)C(N)=O)[C@@H](NC(=O)c1ccccc1)c1ccccc1)C2(C)C)[C@]1(C)CO[C@@H]1C[C@@H]3O. The molecule has 24 nitrogen and oxygen atoms in total. The first kappa shape index (κ1) is 72.7. The van der Waals surface area contributed by atoms with Crippen molar-refractivity contribution in [2.45, 2.75) is 167 Å². The number of nitrogens with zero attached hydrogens (tertiary/aromatic N) is 1. The van der Waals surface area contributed by atoms with Crippen molar-refractivity contribution in [1.29, 1.82) is 0 Å². The average molecular weight is 1350 g/mol. The first-order chi connectivity index (χ1) is 46.5. The number of ketones is 2. The molecule has 4 aromatic carbocycles. The Balaban J connectivity index is 0.855. The summed E-state index contributed by atoms with van der Waals surface area (Å²) in [6, 6.07) is 31.3. The van der Waals surface area contributed by atoms with Crippen molar-refractivity contribution < 1.29 is 81.9 Å². The highest BCUT2D eigenvalue weighted by Crippen LogP contribution is 2.66. The van der Waals surface area contributed by atoms with Crippen molar-refractivity contribution in [1.82, 2.24) is 26.3 Å². The van der Waals surface area contributed by atoms with E-state index in [1.807, 2.05) is 19.1 Å². The number of para-hydroxylation sites is 1. The molecule has 1 aliphatic heterocycles. The van der Waals surface area contributed by atoms with Gasteiger partial charge in [-0.05, 0) is 99.6 Å². The van der Waals surface area contributed by atoms with Crippen LogP contribution in [0.15, 0.2) is 139 Å². The number of nitrogens with one attached hydrogen (secondary N) is 4. The molecule has 3 fully saturated rings. The molecule has 520 valence electrons. The van der Waals surface area contributed by atoms with Crippen molar-refractivity contribution >= 4 is 75.8 Å². The van der Waals surface area contributed by atoms with E-state index < -0.39 is 167 Å². The number of pyridine rings is 1. The van der Waals surface area contributed by atoms with E-state index >= 15 is 9.59 Å². The van der Waals surface area contributed by atoms with Gasteiger partial charge in [-0.1, -0.05) is 119 Å². The summed E-state index contributed by atoms with van der Waals surface area (Å²) in [7, 11) is 0. The summed E-state index contributed by atoms with van der Waals surface area (Å²) in [6.07, 6.45) is -8.31. The average Bonchev–Trinajstić information content (AvgIpc) is 0.673. The third kappa shape index (κ3) is 15.4. The van der Waals surface area contributed by atoms with Gasteiger partial charge >= 0.3 is 17.9 Å². The summed E-state index contributed by atoms with van der Waals surface area (Å²) in [5.74, 6) is -11.3. The number of carbonyl (C=O) groups is 11. The number of benzene rings is 4. The number of primary amides is 2. The lowest BCUT2D eigenvalue weighted by Crippen LogP contribution is -2.77. The van der Waals surface area contributed by atoms with Crippen LogP contribution in [0, 0.1) is 34.0 Å². The number of Topliss-reactive ketones (excluding diaryl/α,β-unsaturated/α-hetero) is 2. The number of amides is 6. The molecule has 2 saturated carbocycles. The van der Waals surface area contributed by atoms with E-state index in [0.29, 0.717) is 22.2 Å². The molecular formula is C74H87N7O17. The summed E-state index contributed by atoms with van der Waals surface area (Å²) in [5, 5.41) is 37.6. The standard InChI is InChI=1S/C74H87N7O17/c1-41-53(39-74(94)64(98-69(92)47-26-15-10-16-27-47)62-72(6)40-95-55(72)38-54(83)73(62,7)63(87)42(2)59(41)71(74,4)5)96-70(93)61(60(45-22-11-8-12-23-45)81-67(90)46-24-13-9-14-25-46)97-58(86)35-34-56(84)77-36-20-19-29-50(66(76)89)80-57(85)33-31-48(65(75)88)37-52(82)43(3)78-68(91)51-32-30-44-21-17-18-28-49(44)79-51/h8-18,21-28,30,32,42-43,48,50,53-55,60-62,64,83,94H,19-20,29,31,33-40H2,1-7H3,(H2,75,88)(H2,76,89)(H,77,84)(H,78,91)(H,80,85)(H,81,90)/t42-,43?,48-,50?,53+,54+,55-,60+,61-,62-,64+,72-,73-,74-/m1/s1. The lowest BCUT2D eigenvalue weighted by molar-refractivity contribution is -0.312.